The number of nitrogens with one attached hydrogen (secondary N) is 2. The number of halogens is 1. The number of nitrogens with zero attached hydrogens (tertiary/aromatic N) is 2. The number of rotatable bonds is 7. The third kappa shape index (κ3) is 6.20. The lowest BCUT2D eigenvalue weighted by atomic mass is 10.1. The van der Waals surface area contributed by atoms with E-state index >= 15 is 0 Å². The van der Waals surface area contributed by atoms with Gasteiger partial charge in [0.1, 0.15) is 0 Å². The smallest absolute Gasteiger partial charge is 0.191 e. The van der Waals surface area contributed by atoms with Crippen molar-refractivity contribution in [2.24, 2.45) is 4.99 Å². The summed E-state index contributed by atoms with van der Waals surface area (Å²) in [6.07, 6.45) is 4.85. The Labute approximate surface area is 147 Å². The van der Waals surface area contributed by atoms with Crippen LogP contribution in [0.3, 0.4) is 0 Å². The zero-order valence-corrected chi connectivity index (χ0v) is 15.2. The van der Waals surface area contributed by atoms with Crippen LogP contribution in [0, 0.1) is 0 Å². The van der Waals surface area contributed by atoms with Gasteiger partial charge >= 0.3 is 0 Å². The molecule has 1 aromatic heterocycles. The van der Waals surface area contributed by atoms with Gasteiger partial charge in [-0.3, -0.25) is 4.99 Å². The molecule has 4 nitrogen and oxygen atoms in total. The van der Waals surface area contributed by atoms with Crippen LogP contribution in [0.1, 0.15) is 22.4 Å². The number of aliphatic imine (C=N–C) groups is 1. The molecule has 2 aromatic rings. The van der Waals surface area contributed by atoms with E-state index in [1.54, 1.807) is 18.4 Å². The molecule has 124 valence electrons. The first-order valence-corrected chi connectivity index (χ1v) is 9.03. The fourth-order valence-electron chi connectivity index (χ4n) is 2.15. The molecular weight excluding hydrogens is 328 g/mol. The summed E-state index contributed by atoms with van der Waals surface area (Å²) in [5.74, 6) is 0.819. The molecule has 0 radical (unpaired) electrons. The van der Waals surface area contributed by atoms with Gasteiger partial charge in [-0.25, -0.2) is 4.98 Å². The van der Waals surface area contributed by atoms with Crippen LogP contribution in [-0.4, -0.2) is 31.1 Å². The van der Waals surface area contributed by atoms with E-state index in [1.165, 1.54) is 15.4 Å². The van der Waals surface area contributed by atoms with Crippen molar-refractivity contribution in [3.63, 3.8) is 0 Å². The van der Waals surface area contributed by atoms with Crippen molar-refractivity contribution < 1.29 is 0 Å². The molecule has 0 bridgehead atoms. The molecule has 2 rings (SSSR count). The SMILES string of the molecule is CCc1cnc(CCNC(=NC)NCCc2cccc(Cl)c2)s1. The molecule has 0 saturated heterocycles. The van der Waals surface area contributed by atoms with E-state index in [0.29, 0.717) is 0 Å². The Balaban J connectivity index is 1.69. The monoisotopic (exact) mass is 350 g/mol. The Morgan fingerprint density at radius 3 is 2.70 bits per heavy atom. The molecule has 0 amide bonds. The number of thiazole rings is 1. The molecule has 0 saturated carbocycles. The lowest BCUT2D eigenvalue weighted by Gasteiger charge is -2.11. The Kier molecular flexibility index (Phi) is 7.36. The highest BCUT2D eigenvalue weighted by Gasteiger charge is 2.02. The molecule has 0 aliphatic carbocycles. The predicted octanol–water partition coefficient (Wildman–Crippen LogP) is 3.31. The molecule has 0 fully saturated rings. The average Bonchev–Trinajstić information content (AvgIpc) is 3.01. The molecular formula is C17H23ClN4S. The van der Waals surface area contributed by atoms with Crippen molar-refractivity contribution in [1.82, 2.24) is 15.6 Å². The second kappa shape index (κ2) is 9.53. The molecule has 0 aliphatic rings. The summed E-state index contributed by atoms with van der Waals surface area (Å²) < 4.78 is 0. The second-order valence-corrected chi connectivity index (χ2v) is 6.77. The quantitative estimate of drug-likeness (QED) is 0.595. The molecule has 0 spiro atoms. The zero-order valence-electron chi connectivity index (χ0n) is 13.6. The largest absolute Gasteiger partial charge is 0.356 e. The molecule has 23 heavy (non-hydrogen) atoms. The van der Waals surface area contributed by atoms with Crippen LogP contribution < -0.4 is 10.6 Å². The first-order valence-electron chi connectivity index (χ1n) is 7.83. The number of aryl methyl sites for hydroxylation is 1. The zero-order chi connectivity index (χ0) is 16.5. The van der Waals surface area contributed by atoms with Gasteiger partial charge in [0, 0.05) is 42.7 Å². The van der Waals surface area contributed by atoms with Gasteiger partial charge < -0.3 is 10.6 Å². The molecule has 1 aromatic carbocycles. The van der Waals surface area contributed by atoms with Crippen LogP contribution in [0.5, 0.6) is 0 Å². The van der Waals surface area contributed by atoms with Gasteiger partial charge in [0.2, 0.25) is 0 Å². The minimum absolute atomic E-state index is 0.778. The summed E-state index contributed by atoms with van der Waals surface area (Å²) in [7, 11) is 1.79. The summed E-state index contributed by atoms with van der Waals surface area (Å²) >= 11 is 7.78. The number of hydrogen-bond acceptors (Lipinski definition) is 3. The van der Waals surface area contributed by atoms with Crippen molar-refractivity contribution >= 4 is 28.9 Å². The maximum absolute atomic E-state index is 5.99. The topological polar surface area (TPSA) is 49.3 Å². The highest BCUT2D eigenvalue weighted by Crippen LogP contribution is 2.13. The Morgan fingerprint density at radius 1 is 1.26 bits per heavy atom. The van der Waals surface area contributed by atoms with Crippen LogP contribution >= 0.6 is 22.9 Å². The van der Waals surface area contributed by atoms with Crippen molar-refractivity contribution in [1.29, 1.82) is 0 Å². The number of guanidine groups is 1. The summed E-state index contributed by atoms with van der Waals surface area (Å²) in [6.45, 7) is 3.80. The number of benzene rings is 1. The molecule has 6 heteroatoms. The Hall–Kier alpha value is -1.59. The van der Waals surface area contributed by atoms with Crippen LogP contribution in [0.4, 0.5) is 0 Å². The third-order valence-corrected chi connectivity index (χ3v) is 4.84. The molecule has 0 aliphatic heterocycles. The molecule has 2 N–H and O–H groups in total. The molecule has 0 unspecified atom stereocenters. The fraction of sp³-hybridized carbons (Fsp3) is 0.412. The van der Waals surface area contributed by atoms with E-state index in [1.807, 2.05) is 24.4 Å². The Morgan fingerprint density at radius 2 is 2.04 bits per heavy atom. The van der Waals surface area contributed by atoms with Crippen LogP contribution in [0.15, 0.2) is 35.5 Å². The van der Waals surface area contributed by atoms with Gasteiger partial charge in [-0.1, -0.05) is 30.7 Å². The third-order valence-electron chi connectivity index (χ3n) is 3.40. The van der Waals surface area contributed by atoms with E-state index in [0.717, 1.165) is 43.3 Å². The highest BCUT2D eigenvalue weighted by molar-refractivity contribution is 7.11. The normalized spacial score (nSPS) is 11.5. The molecule has 0 atom stereocenters. The summed E-state index contributed by atoms with van der Waals surface area (Å²) in [4.78, 5) is 10.0. The van der Waals surface area contributed by atoms with E-state index in [9.17, 15) is 0 Å². The van der Waals surface area contributed by atoms with E-state index in [2.05, 4.69) is 33.6 Å². The van der Waals surface area contributed by atoms with Crippen LogP contribution in [-0.2, 0) is 19.3 Å². The minimum atomic E-state index is 0.778. The first kappa shape index (κ1) is 17.8. The summed E-state index contributed by atoms with van der Waals surface area (Å²) in [5, 5.41) is 8.59. The average molecular weight is 351 g/mol. The van der Waals surface area contributed by atoms with Gasteiger partial charge in [-0.2, -0.15) is 0 Å². The van der Waals surface area contributed by atoms with Gasteiger partial charge in [-0.15, -0.1) is 11.3 Å². The lowest BCUT2D eigenvalue weighted by molar-refractivity contribution is 0.782. The van der Waals surface area contributed by atoms with Crippen molar-refractivity contribution in [2.45, 2.75) is 26.2 Å². The minimum Gasteiger partial charge on any atom is -0.356 e. The predicted molar refractivity (Wildman–Crippen MR) is 99.7 cm³/mol. The van der Waals surface area contributed by atoms with Crippen molar-refractivity contribution in [2.75, 3.05) is 20.1 Å². The summed E-state index contributed by atoms with van der Waals surface area (Å²) in [6, 6.07) is 7.94. The van der Waals surface area contributed by atoms with Crippen molar-refractivity contribution in [3.05, 3.63) is 50.9 Å². The standard InChI is InChI=1S/C17H23ClN4S/c1-3-15-12-22-16(23-15)8-10-21-17(19-2)20-9-7-13-5-4-6-14(18)11-13/h4-6,11-12H,3,7-10H2,1-2H3,(H2,19,20,21). The highest BCUT2D eigenvalue weighted by atomic mass is 35.5. The fourth-order valence-corrected chi connectivity index (χ4v) is 3.23. The van der Waals surface area contributed by atoms with Gasteiger partial charge in [0.05, 0.1) is 5.01 Å². The van der Waals surface area contributed by atoms with Gasteiger partial charge in [-0.05, 0) is 30.5 Å². The number of hydrogen-bond donors (Lipinski definition) is 2. The lowest BCUT2D eigenvalue weighted by Crippen LogP contribution is -2.39. The van der Waals surface area contributed by atoms with E-state index in [-0.39, 0.29) is 0 Å². The maximum Gasteiger partial charge on any atom is 0.191 e. The van der Waals surface area contributed by atoms with E-state index < -0.39 is 0 Å². The summed E-state index contributed by atoms with van der Waals surface area (Å²) in [5.41, 5.74) is 1.22. The Bertz CT molecular complexity index is 639. The first-order chi connectivity index (χ1) is 11.2. The number of aromatic nitrogens is 1. The van der Waals surface area contributed by atoms with Gasteiger partial charge in [0.25, 0.3) is 0 Å². The molecule has 1 heterocycles. The van der Waals surface area contributed by atoms with Gasteiger partial charge in [0.15, 0.2) is 5.96 Å². The second-order valence-electron chi connectivity index (χ2n) is 5.13. The maximum atomic E-state index is 5.99. The van der Waals surface area contributed by atoms with Crippen LogP contribution in [0.2, 0.25) is 5.02 Å². The van der Waals surface area contributed by atoms with E-state index in [4.69, 9.17) is 11.6 Å². The van der Waals surface area contributed by atoms with Crippen molar-refractivity contribution in [3.8, 4) is 0 Å². The van der Waals surface area contributed by atoms with Crippen LogP contribution in [0.25, 0.3) is 0 Å².